The molecule has 1 aromatic carbocycles. The fraction of sp³-hybridized carbons (Fsp3) is 0.143. The Kier molecular flexibility index (Phi) is 4.83. The zero-order chi connectivity index (χ0) is 19.7. The molecule has 0 saturated carbocycles. The van der Waals surface area contributed by atoms with E-state index in [9.17, 15) is 9.59 Å². The van der Waals surface area contributed by atoms with Crippen molar-refractivity contribution in [1.82, 2.24) is 19.1 Å². The van der Waals surface area contributed by atoms with Gasteiger partial charge in [0, 0.05) is 23.5 Å². The normalized spacial score (nSPS) is 12.2. The summed E-state index contributed by atoms with van der Waals surface area (Å²) >= 11 is 1.62. The second kappa shape index (κ2) is 7.44. The Bertz CT molecular complexity index is 1250. The molecule has 0 radical (unpaired) electrons. The SMILES string of the molecule is CSc1ccc(-n2c(=O)n(C(C)c3cccnc3)c(=O)c3cccnc32)cc1. The number of rotatable bonds is 4. The summed E-state index contributed by atoms with van der Waals surface area (Å²) in [5, 5.41) is 0.395. The zero-order valence-corrected chi connectivity index (χ0v) is 16.3. The van der Waals surface area contributed by atoms with Gasteiger partial charge in [0.2, 0.25) is 0 Å². The summed E-state index contributed by atoms with van der Waals surface area (Å²) in [4.78, 5) is 36.1. The highest BCUT2D eigenvalue weighted by atomic mass is 32.2. The van der Waals surface area contributed by atoms with Gasteiger partial charge in [-0.3, -0.25) is 14.3 Å². The van der Waals surface area contributed by atoms with Gasteiger partial charge in [0.1, 0.15) is 0 Å². The molecule has 4 aromatic rings. The lowest BCUT2D eigenvalue weighted by Crippen LogP contribution is -2.41. The van der Waals surface area contributed by atoms with Gasteiger partial charge in [-0.15, -0.1) is 11.8 Å². The second-order valence-corrected chi connectivity index (χ2v) is 7.21. The van der Waals surface area contributed by atoms with Crippen LogP contribution < -0.4 is 11.2 Å². The number of aromatic nitrogens is 4. The van der Waals surface area contributed by atoms with Gasteiger partial charge in [0.15, 0.2) is 5.65 Å². The van der Waals surface area contributed by atoms with Gasteiger partial charge < -0.3 is 0 Å². The van der Waals surface area contributed by atoms with Gasteiger partial charge in [0.05, 0.1) is 17.1 Å². The first kappa shape index (κ1) is 18.2. The lowest BCUT2D eigenvalue weighted by atomic mass is 10.1. The lowest BCUT2D eigenvalue weighted by Gasteiger charge is -2.18. The van der Waals surface area contributed by atoms with Crippen LogP contribution in [0.3, 0.4) is 0 Å². The molecule has 0 bridgehead atoms. The molecule has 7 heteroatoms. The molecule has 3 heterocycles. The van der Waals surface area contributed by atoms with E-state index >= 15 is 0 Å². The predicted molar refractivity (Wildman–Crippen MR) is 111 cm³/mol. The molecule has 4 rings (SSSR count). The average Bonchev–Trinajstić information content (AvgIpc) is 2.75. The number of hydrogen-bond acceptors (Lipinski definition) is 5. The minimum Gasteiger partial charge on any atom is -0.268 e. The van der Waals surface area contributed by atoms with Crippen LogP contribution in [0.2, 0.25) is 0 Å². The van der Waals surface area contributed by atoms with E-state index < -0.39 is 11.7 Å². The average molecular weight is 390 g/mol. The van der Waals surface area contributed by atoms with Crippen molar-refractivity contribution in [2.45, 2.75) is 17.9 Å². The molecule has 0 aliphatic heterocycles. The standard InChI is InChI=1S/C21H18N4O2S/c1-14(15-5-3-11-22-13-15)24-20(26)18-6-4-12-23-19(18)25(21(24)27)16-7-9-17(28-2)10-8-16/h3-14H,1-2H3. The molecule has 0 fully saturated rings. The maximum Gasteiger partial charge on any atom is 0.337 e. The van der Waals surface area contributed by atoms with Gasteiger partial charge in [0.25, 0.3) is 5.56 Å². The van der Waals surface area contributed by atoms with Gasteiger partial charge >= 0.3 is 5.69 Å². The summed E-state index contributed by atoms with van der Waals surface area (Å²) in [5.74, 6) is 0. The van der Waals surface area contributed by atoms with Crippen molar-refractivity contribution < 1.29 is 0 Å². The fourth-order valence-electron chi connectivity index (χ4n) is 3.23. The first-order chi connectivity index (χ1) is 13.6. The minimum absolute atomic E-state index is 0.351. The highest BCUT2D eigenvalue weighted by Crippen LogP contribution is 2.19. The van der Waals surface area contributed by atoms with Gasteiger partial charge in [-0.05, 0) is 61.2 Å². The van der Waals surface area contributed by atoms with Crippen LogP contribution in [-0.2, 0) is 0 Å². The number of pyridine rings is 2. The highest BCUT2D eigenvalue weighted by molar-refractivity contribution is 7.98. The zero-order valence-electron chi connectivity index (χ0n) is 15.4. The molecular formula is C21H18N4O2S. The van der Waals surface area contributed by atoms with Crippen LogP contribution in [0.5, 0.6) is 0 Å². The fourth-order valence-corrected chi connectivity index (χ4v) is 3.64. The van der Waals surface area contributed by atoms with Crippen LogP contribution >= 0.6 is 11.8 Å². The summed E-state index contributed by atoms with van der Waals surface area (Å²) < 4.78 is 2.76. The van der Waals surface area contributed by atoms with Crippen LogP contribution in [0.25, 0.3) is 16.7 Å². The molecule has 0 aliphatic rings. The summed E-state index contributed by atoms with van der Waals surface area (Å²) in [5.41, 5.74) is 1.02. The largest absolute Gasteiger partial charge is 0.337 e. The molecule has 1 unspecified atom stereocenters. The smallest absolute Gasteiger partial charge is 0.268 e. The van der Waals surface area contributed by atoms with Crippen LogP contribution in [0, 0.1) is 0 Å². The van der Waals surface area contributed by atoms with Crippen molar-refractivity contribution in [2.24, 2.45) is 0 Å². The molecule has 3 aromatic heterocycles. The van der Waals surface area contributed by atoms with E-state index in [1.54, 1.807) is 48.6 Å². The molecule has 0 spiro atoms. The number of fused-ring (bicyclic) bond motifs is 1. The van der Waals surface area contributed by atoms with Crippen molar-refractivity contribution in [1.29, 1.82) is 0 Å². The van der Waals surface area contributed by atoms with E-state index in [2.05, 4.69) is 9.97 Å². The van der Waals surface area contributed by atoms with E-state index in [1.807, 2.05) is 43.5 Å². The lowest BCUT2D eigenvalue weighted by molar-refractivity contribution is 0.570. The molecule has 140 valence electrons. The quantitative estimate of drug-likeness (QED) is 0.500. The molecule has 28 heavy (non-hydrogen) atoms. The molecule has 1 atom stereocenters. The first-order valence-electron chi connectivity index (χ1n) is 8.78. The van der Waals surface area contributed by atoms with Crippen LogP contribution in [-0.4, -0.2) is 25.4 Å². The van der Waals surface area contributed by atoms with E-state index in [1.165, 1.54) is 9.13 Å². The molecule has 0 saturated heterocycles. The maximum atomic E-state index is 13.4. The van der Waals surface area contributed by atoms with E-state index in [4.69, 9.17) is 0 Å². The van der Waals surface area contributed by atoms with Crippen LogP contribution in [0.1, 0.15) is 18.5 Å². The maximum absolute atomic E-state index is 13.4. The topological polar surface area (TPSA) is 69.8 Å². The number of thioether (sulfide) groups is 1. The summed E-state index contributed by atoms with van der Waals surface area (Å²) in [7, 11) is 0. The third-order valence-electron chi connectivity index (χ3n) is 4.73. The Morgan fingerprint density at radius 1 is 1.00 bits per heavy atom. The molecular weight excluding hydrogens is 372 g/mol. The Morgan fingerprint density at radius 2 is 1.75 bits per heavy atom. The number of benzene rings is 1. The number of hydrogen-bond donors (Lipinski definition) is 0. The van der Waals surface area contributed by atoms with Crippen molar-refractivity contribution in [3.63, 3.8) is 0 Å². The molecule has 6 nitrogen and oxygen atoms in total. The molecule has 0 amide bonds. The van der Waals surface area contributed by atoms with Crippen molar-refractivity contribution >= 4 is 22.8 Å². The third-order valence-corrected chi connectivity index (χ3v) is 5.47. The summed E-state index contributed by atoms with van der Waals surface area (Å²) in [6.07, 6.45) is 6.91. The van der Waals surface area contributed by atoms with Gasteiger partial charge in [-0.1, -0.05) is 6.07 Å². The van der Waals surface area contributed by atoms with E-state index in [0.717, 1.165) is 10.5 Å². The Balaban J connectivity index is 2.04. The Labute approximate surface area is 165 Å². The number of nitrogens with zero attached hydrogens (tertiary/aromatic N) is 4. The highest BCUT2D eigenvalue weighted by Gasteiger charge is 2.20. The summed E-state index contributed by atoms with van der Waals surface area (Å²) in [6, 6.07) is 14.2. The Morgan fingerprint density at radius 3 is 2.43 bits per heavy atom. The third kappa shape index (κ3) is 3.03. The van der Waals surface area contributed by atoms with Crippen molar-refractivity contribution in [3.8, 4) is 5.69 Å². The predicted octanol–water partition coefficient (Wildman–Crippen LogP) is 3.27. The van der Waals surface area contributed by atoms with E-state index in [0.29, 0.717) is 16.7 Å². The van der Waals surface area contributed by atoms with Crippen molar-refractivity contribution in [2.75, 3.05) is 6.26 Å². The Hall–Kier alpha value is -3.19. The van der Waals surface area contributed by atoms with Crippen LogP contribution in [0.15, 0.2) is 81.6 Å². The van der Waals surface area contributed by atoms with E-state index in [-0.39, 0.29) is 5.56 Å². The minimum atomic E-state index is -0.463. The second-order valence-electron chi connectivity index (χ2n) is 6.33. The molecule has 0 N–H and O–H groups in total. The van der Waals surface area contributed by atoms with Gasteiger partial charge in [-0.2, -0.15) is 0 Å². The monoisotopic (exact) mass is 390 g/mol. The first-order valence-corrected chi connectivity index (χ1v) is 10.0. The van der Waals surface area contributed by atoms with Crippen LogP contribution in [0.4, 0.5) is 0 Å². The molecule has 0 aliphatic carbocycles. The summed E-state index contributed by atoms with van der Waals surface area (Å²) in [6.45, 7) is 1.82. The van der Waals surface area contributed by atoms with Crippen molar-refractivity contribution in [3.05, 3.63) is 93.5 Å². The van der Waals surface area contributed by atoms with Gasteiger partial charge in [-0.25, -0.2) is 14.3 Å².